The van der Waals surface area contributed by atoms with Gasteiger partial charge in [-0.05, 0) is 31.9 Å². The van der Waals surface area contributed by atoms with Crippen molar-refractivity contribution in [3.63, 3.8) is 0 Å². The van der Waals surface area contributed by atoms with Crippen molar-refractivity contribution in [3.05, 3.63) is 29.8 Å². The molecule has 21 heavy (non-hydrogen) atoms. The molecular formula is C15H21NO4S. The molecule has 0 aliphatic carbocycles. The first-order valence-corrected chi connectivity index (χ1v) is 8.51. The molecule has 1 saturated heterocycles. The molecule has 1 unspecified atom stereocenters. The van der Waals surface area contributed by atoms with Crippen molar-refractivity contribution in [3.8, 4) is 0 Å². The average molecular weight is 311 g/mol. The van der Waals surface area contributed by atoms with Crippen LogP contribution < -0.4 is 0 Å². The molecule has 6 heteroatoms. The van der Waals surface area contributed by atoms with E-state index >= 15 is 0 Å². The van der Waals surface area contributed by atoms with Crippen LogP contribution in [-0.4, -0.2) is 38.9 Å². The molecule has 116 valence electrons. The number of likely N-dealkylation sites (tertiary alicyclic amines) is 1. The molecule has 1 atom stereocenters. The zero-order valence-corrected chi connectivity index (χ0v) is 13.2. The SMILES string of the molecule is CC(=O)N1CCCC(COS(=O)(=O)c2ccc(C)cc2)C1. The first kappa shape index (κ1) is 16.0. The lowest BCUT2D eigenvalue weighted by molar-refractivity contribution is -0.130. The second kappa shape index (κ2) is 6.58. The molecule has 1 amide bonds. The van der Waals surface area contributed by atoms with Crippen LogP contribution in [-0.2, 0) is 19.1 Å². The van der Waals surface area contributed by atoms with Gasteiger partial charge in [0.2, 0.25) is 5.91 Å². The Labute approximate surface area is 126 Å². The van der Waals surface area contributed by atoms with Crippen molar-refractivity contribution in [2.24, 2.45) is 5.92 Å². The molecule has 2 rings (SSSR count). The van der Waals surface area contributed by atoms with Gasteiger partial charge >= 0.3 is 0 Å². The maximum atomic E-state index is 12.1. The van der Waals surface area contributed by atoms with Crippen molar-refractivity contribution in [2.45, 2.75) is 31.6 Å². The summed E-state index contributed by atoms with van der Waals surface area (Å²) in [5.74, 6) is 0.101. The van der Waals surface area contributed by atoms with E-state index in [4.69, 9.17) is 4.18 Å². The van der Waals surface area contributed by atoms with Gasteiger partial charge in [0.05, 0.1) is 11.5 Å². The molecule has 0 spiro atoms. The van der Waals surface area contributed by atoms with Crippen molar-refractivity contribution >= 4 is 16.0 Å². The van der Waals surface area contributed by atoms with E-state index in [2.05, 4.69) is 0 Å². The molecule has 0 N–H and O–H groups in total. The van der Waals surface area contributed by atoms with Gasteiger partial charge in [0.1, 0.15) is 0 Å². The van der Waals surface area contributed by atoms with Crippen LogP contribution in [0.15, 0.2) is 29.2 Å². The summed E-state index contributed by atoms with van der Waals surface area (Å²) in [5, 5.41) is 0. The Morgan fingerprint density at radius 1 is 1.33 bits per heavy atom. The summed E-state index contributed by atoms with van der Waals surface area (Å²) in [4.78, 5) is 13.3. The van der Waals surface area contributed by atoms with Crippen LogP contribution in [0.4, 0.5) is 0 Å². The summed E-state index contributed by atoms with van der Waals surface area (Å²) in [6.45, 7) is 4.87. The van der Waals surface area contributed by atoms with E-state index in [1.54, 1.807) is 29.2 Å². The summed E-state index contributed by atoms with van der Waals surface area (Å²) < 4.78 is 29.4. The Kier molecular flexibility index (Phi) is 5.00. The second-order valence-electron chi connectivity index (χ2n) is 5.52. The second-order valence-corrected chi connectivity index (χ2v) is 7.14. The predicted octanol–water partition coefficient (Wildman–Crippen LogP) is 1.96. The van der Waals surface area contributed by atoms with Gasteiger partial charge in [-0.25, -0.2) is 0 Å². The minimum Gasteiger partial charge on any atom is -0.343 e. The molecule has 0 aromatic heterocycles. The van der Waals surface area contributed by atoms with Crippen LogP contribution in [0.5, 0.6) is 0 Å². The fourth-order valence-electron chi connectivity index (χ4n) is 2.45. The smallest absolute Gasteiger partial charge is 0.296 e. The van der Waals surface area contributed by atoms with Crippen molar-refractivity contribution in [2.75, 3.05) is 19.7 Å². The third kappa shape index (κ3) is 4.28. The minimum absolute atomic E-state index is 0.0288. The predicted molar refractivity (Wildman–Crippen MR) is 79.3 cm³/mol. The van der Waals surface area contributed by atoms with E-state index in [-0.39, 0.29) is 23.3 Å². The third-order valence-corrected chi connectivity index (χ3v) is 5.03. The number of hydrogen-bond acceptors (Lipinski definition) is 4. The first-order valence-electron chi connectivity index (χ1n) is 7.10. The molecule has 1 aromatic rings. The topological polar surface area (TPSA) is 63.7 Å². The van der Waals surface area contributed by atoms with Crippen LogP contribution in [0, 0.1) is 12.8 Å². The van der Waals surface area contributed by atoms with Gasteiger partial charge in [-0.15, -0.1) is 0 Å². The molecule has 0 bridgehead atoms. The molecule has 0 radical (unpaired) electrons. The number of carbonyl (C=O) groups excluding carboxylic acids is 1. The highest BCUT2D eigenvalue weighted by Crippen LogP contribution is 2.20. The summed E-state index contributed by atoms with van der Waals surface area (Å²) in [6.07, 6.45) is 1.77. The Balaban J connectivity index is 1.95. The van der Waals surface area contributed by atoms with Gasteiger partial charge in [-0.1, -0.05) is 17.7 Å². The minimum atomic E-state index is -3.72. The zero-order chi connectivity index (χ0) is 15.5. The molecule has 0 saturated carbocycles. The quantitative estimate of drug-likeness (QED) is 0.797. The van der Waals surface area contributed by atoms with Gasteiger partial charge < -0.3 is 4.90 Å². The number of nitrogens with zero attached hydrogens (tertiary/aromatic N) is 1. The monoisotopic (exact) mass is 311 g/mol. The lowest BCUT2D eigenvalue weighted by Crippen LogP contribution is -2.40. The van der Waals surface area contributed by atoms with E-state index in [0.29, 0.717) is 6.54 Å². The number of rotatable bonds is 4. The number of benzene rings is 1. The molecule has 1 fully saturated rings. The number of aryl methyl sites for hydroxylation is 1. The lowest BCUT2D eigenvalue weighted by Gasteiger charge is -2.31. The maximum Gasteiger partial charge on any atom is 0.296 e. The van der Waals surface area contributed by atoms with E-state index in [1.165, 1.54) is 6.92 Å². The largest absolute Gasteiger partial charge is 0.343 e. The maximum absolute atomic E-state index is 12.1. The van der Waals surface area contributed by atoms with Crippen LogP contribution in [0.2, 0.25) is 0 Å². The number of piperidine rings is 1. The van der Waals surface area contributed by atoms with Crippen LogP contribution >= 0.6 is 0 Å². The van der Waals surface area contributed by atoms with Crippen molar-refractivity contribution in [1.82, 2.24) is 4.90 Å². The Bertz CT molecular complexity index is 595. The van der Waals surface area contributed by atoms with Crippen molar-refractivity contribution < 1.29 is 17.4 Å². The first-order chi connectivity index (χ1) is 9.88. The van der Waals surface area contributed by atoms with Gasteiger partial charge in [-0.2, -0.15) is 8.42 Å². The van der Waals surface area contributed by atoms with Gasteiger partial charge in [0, 0.05) is 25.9 Å². The number of hydrogen-bond donors (Lipinski definition) is 0. The Morgan fingerprint density at radius 2 is 2.00 bits per heavy atom. The van der Waals surface area contributed by atoms with Crippen molar-refractivity contribution in [1.29, 1.82) is 0 Å². The van der Waals surface area contributed by atoms with Crippen LogP contribution in [0.3, 0.4) is 0 Å². The standard InChI is InChI=1S/C15H21NO4S/c1-12-5-7-15(8-6-12)21(18,19)20-11-14-4-3-9-16(10-14)13(2)17/h5-8,14H,3-4,9-11H2,1-2H3. The van der Waals surface area contributed by atoms with Gasteiger partial charge in [0.15, 0.2) is 0 Å². The van der Waals surface area contributed by atoms with Gasteiger partial charge in [0.25, 0.3) is 10.1 Å². The molecule has 5 nitrogen and oxygen atoms in total. The third-order valence-electron chi connectivity index (χ3n) is 3.73. The molecule has 1 heterocycles. The summed E-state index contributed by atoms with van der Waals surface area (Å²) in [7, 11) is -3.72. The molecule has 1 aromatic carbocycles. The van der Waals surface area contributed by atoms with E-state index in [0.717, 1.165) is 24.9 Å². The lowest BCUT2D eigenvalue weighted by atomic mass is 9.99. The fourth-order valence-corrected chi connectivity index (χ4v) is 3.42. The fraction of sp³-hybridized carbons (Fsp3) is 0.533. The summed E-state index contributed by atoms with van der Waals surface area (Å²) in [6, 6.07) is 6.59. The Hall–Kier alpha value is -1.40. The Morgan fingerprint density at radius 3 is 2.62 bits per heavy atom. The molecule has 1 aliphatic heterocycles. The molecule has 1 aliphatic rings. The number of carbonyl (C=O) groups is 1. The van der Waals surface area contributed by atoms with Crippen LogP contribution in [0.1, 0.15) is 25.3 Å². The summed E-state index contributed by atoms with van der Waals surface area (Å²) in [5.41, 5.74) is 0.998. The van der Waals surface area contributed by atoms with Crippen LogP contribution in [0.25, 0.3) is 0 Å². The van der Waals surface area contributed by atoms with Gasteiger partial charge in [-0.3, -0.25) is 8.98 Å². The molecular weight excluding hydrogens is 290 g/mol. The van der Waals surface area contributed by atoms with E-state index < -0.39 is 10.1 Å². The number of amides is 1. The highest BCUT2D eigenvalue weighted by Gasteiger charge is 2.24. The van der Waals surface area contributed by atoms with E-state index in [9.17, 15) is 13.2 Å². The zero-order valence-electron chi connectivity index (χ0n) is 12.4. The average Bonchev–Trinajstić information content (AvgIpc) is 2.46. The summed E-state index contributed by atoms with van der Waals surface area (Å²) >= 11 is 0. The highest BCUT2D eigenvalue weighted by molar-refractivity contribution is 7.86. The van der Waals surface area contributed by atoms with E-state index in [1.807, 2.05) is 6.92 Å². The highest BCUT2D eigenvalue weighted by atomic mass is 32.2. The normalized spacial score (nSPS) is 19.5.